The smallest absolute Gasteiger partial charge is 0.258 e. The molecule has 1 heterocycles. The van der Waals surface area contributed by atoms with E-state index >= 15 is 0 Å². The van der Waals surface area contributed by atoms with E-state index in [9.17, 15) is 4.39 Å². The van der Waals surface area contributed by atoms with Crippen molar-refractivity contribution in [1.82, 2.24) is 10.1 Å². The molecule has 0 atom stereocenters. The van der Waals surface area contributed by atoms with Gasteiger partial charge in [0.1, 0.15) is 11.4 Å². The molecule has 3 rings (SSSR count). The molecule has 0 amide bonds. The van der Waals surface area contributed by atoms with Gasteiger partial charge in [-0.1, -0.05) is 5.16 Å². The Bertz CT molecular complexity index is 621. The number of hydrogen-bond donors (Lipinski definition) is 1. The van der Waals surface area contributed by atoms with Gasteiger partial charge in [-0.15, -0.1) is 0 Å². The van der Waals surface area contributed by atoms with Crippen LogP contribution >= 0.6 is 0 Å². The number of ether oxygens (including phenoxy) is 1. The minimum Gasteiger partial charge on any atom is -0.396 e. The van der Waals surface area contributed by atoms with Gasteiger partial charge in [0.2, 0.25) is 5.82 Å². The molecule has 0 bridgehead atoms. The Balaban J connectivity index is 1.95. The number of nitrogens with two attached hydrogens (primary N) is 1. The summed E-state index contributed by atoms with van der Waals surface area (Å²) in [6, 6.07) is 4.34. The van der Waals surface area contributed by atoms with Gasteiger partial charge in [-0.25, -0.2) is 4.39 Å². The molecule has 1 aliphatic rings. The van der Waals surface area contributed by atoms with Crippen molar-refractivity contribution in [2.45, 2.75) is 31.3 Å². The average molecular weight is 277 g/mol. The minimum atomic E-state index is -0.461. The van der Waals surface area contributed by atoms with Crippen LogP contribution in [0.3, 0.4) is 0 Å². The van der Waals surface area contributed by atoms with Gasteiger partial charge in [0, 0.05) is 12.7 Å². The molecular formula is C14H16FN3O2. The number of benzene rings is 1. The number of methoxy groups -OCH3 is 1. The summed E-state index contributed by atoms with van der Waals surface area (Å²) in [6.07, 6.45) is 3.93. The number of nitrogen functional groups attached to an aromatic ring is 1. The van der Waals surface area contributed by atoms with Gasteiger partial charge in [0.15, 0.2) is 0 Å². The summed E-state index contributed by atoms with van der Waals surface area (Å²) >= 11 is 0. The number of halogens is 1. The van der Waals surface area contributed by atoms with Gasteiger partial charge in [0.05, 0.1) is 5.69 Å². The average Bonchev–Trinajstić information content (AvgIpc) is 3.10. The van der Waals surface area contributed by atoms with Crippen molar-refractivity contribution in [1.29, 1.82) is 0 Å². The van der Waals surface area contributed by atoms with Crippen LogP contribution < -0.4 is 5.73 Å². The molecule has 6 heteroatoms. The Kier molecular flexibility index (Phi) is 3.17. The predicted octanol–water partition coefficient (Wildman–Crippen LogP) is 2.87. The van der Waals surface area contributed by atoms with Crippen LogP contribution in [0.2, 0.25) is 0 Å². The lowest BCUT2D eigenvalue weighted by molar-refractivity contribution is -0.0178. The van der Waals surface area contributed by atoms with Gasteiger partial charge >= 0.3 is 0 Å². The summed E-state index contributed by atoms with van der Waals surface area (Å²) in [5, 5.41) is 4.02. The van der Waals surface area contributed by atoms with Crippen LogP contribution in [0.5, 0.6) is 0 Å². The van der Waals surface area contributed by atoms with Gasteiger partial charge in [0.25, 0.3) is 5.89 Å². The molecule has 2 aromatic rings. The molecule has 0 saturated heterocycles. The van der Waals surface area contributed by atoms with E-state index in [1.54, 1.807) is 13.2 Å². The molecule has 5 nitrogen and oxygen atoms in total. The molecule has 1 saturated carbocycles. The van der Waals surface area contributed by atoms with E-state index in [0.29, 0.717) is 17.3 Å². The Morgan fingerprint density at radius 1 is 1.35 bits per heavy atom. The van der Waals surface area contributed by atoms with Crippen molar-refractivity contribution in [2.75, 3.05) is 12.8 Å². The van der Waals surface area contributed by atoms with Crippen molar-refractivity contribution >= 4 is 5.69 Å². The zero-order valence-corrected chi connectivity index (χ0v) is 11.2. The van der Waals surface area contributed by atoms with Gasteiger partial charge in [-0.3, -0.25) is 0 Å². The van der Waals surface area contributed by atoms with Crippen molar-refractivity contribution in [3.05, 3.63) is 29.8 Å². The second kappa shape index (κ2) is 4.86. The fraction of sp³-hybridized carbons (Fsp3) is 0.429. The monoisotopic (exact) mass is 277 g/mol. The van der Waals surface area contributed by atoms with Crippen molar-refractivity contribution in [3.8, 4) is 11.5 Å². The highest BCUT2D eigenvalue weighted by atomic mass is 19.1. The normalized spacial score (nSPS) is 17.5. The maximum Gasteiger partial charge on any atom is 0.258 e. The first kappa shape index (κ1) is 13.1. The Morgan fingerprint density at radius 2 is 2.10 bits per heavy atom. The van der Waals surface area contributed by atoms with Crippen molar-refractivity contribution < 1.29 is 13.7 Å². The highest BCUT2D eigenvalue weighted by Gasteiger charge is 2.40. The first-order valence-electron chi connectivity index (χ1n) is 6.59. The number of aromatic nitrogens is 2. The lowest BCUT2D eigenvalue weighted by Gasteiger charge is -2.22. The number of rotatable bonds is 3. The topological polar surface area (TPSA) is 74.2 Å². The van der Waals surface area contributed by atoms with Gasteiger partial charge < -0.3 is 15.0 Å². The van der Waals surface area contributed by atoms with E-state index in [1.165, 1.54) is 12.1 Å². The summed E-state index contributed by atoms with van der Waals surface area (Å²) < 4.78 is 24.0. The highest BCUT2D eigenvalue weighted by Crippen LogP contribution is 2.40. The zero-order valence-electron chi connectivity index (χ0n) is 11.2. The first-order chi connectivity index (χ1) is 9.64. The molecule has 0 spiro atoms. The van der Waals surface area contributed by atoms with E-state index < -0.39 is 11.4 Å². The number of hydrogen-bond acceptors (Lipinski definition) is 5. The molecule has 1 aromatic heterocycles. The van der Waals surface area contributed by atoms with E-state index in [2.05, 4.69) is 10.1 Å². The van der Waals surface area contributed by atoms with Crippen molar-refractivity contribution in [2.24, 2.45) is 0 Å². The third-order valence-electron chi connectivity index (χ3n) is 3.88. The summed E-state index contributed by atoms with van der Waals surface area (Å²) in [7, 11) is 1.66. The molecule has 1 aliphatic carbocycles. The largest absolute Gasteiger partial charge is 0.396 e. The highest BCUT2D eigenvalue weighted by molar-refractivity contribution is 5.60. The first-order valence-corrected chi connectivity index (χ1v) is 6.59. The third-order valence-corrected chi connectivity index (χ3v) is 3.88. The van der Waals surface area contributed by atoms with E-state index in [1.807, 2.05) is 0 Å². The lowest BCUT2D eigenvalue weighted by Crippen LogP contribution is -2.25. The number of anilines is 1. The fourth-order valence-electron chi connectivity index (χ4n) is 2.67. The third kappa shape index (κ3) is 2.06. The van der Waals surface area contributed by atoms with Crippen LogP contribution in [-0.2, 0) is 10.3 Å². The fourth-order valence-corrected chi connectivity index (χ4v) is 2.67. The quantitative estimate of drug-likeness (QED) is 0.873. The minimum absolute atomic E-state index is 0.0598. The standard InChI is InChI=1S/C14H16FN3O2/c1-19-14(6-2-3-7-14)13-17-12(20-18-13)9-4-5-10(15)11(16)8-9/h4-5,8H,2-3,6-7,16H2,1H3. The SMILES string of the molecule is COC1(c2noc(-c3ccc(F)c(N)c3)n2)CCCC1. The van der Waals surface area contributed by atoms with Crippen LogP contribution in [0.4, 0.5) is 10.1 Å². The summed E-state index contributed by atoms with van der Waals surface area (Å²) in [5.74, 6) is 0.420. The molecule has 0 radical (unpaired) electrons. The molecule has 0 unspecified atom stereocenters. The van der Waals surface area contributed by atoms with Crippen LogP contribution in [0.25, 0.3) is 11.5 Å². The summed E-state index contributed by atoms with van der Waals surface area (Å²) in [4.78, 5) is 4.40. The molecule has 1 aromatic carbocycles. The molecular weight excluding hydrogens is 261 g/mol. The molecule has 2 N–H and O–H groups in total. The second-order valence-corrected chi connectivity index (χ2v) is 5.06. The summed E-state index contributed by atoms with van der Waals surface area (Å²) in [5.41, 5.74) is 5.76. The van der Waals surface area contributed by atoms with Crippen LogP contribution in [0, 0.1) is 5.82 Å². The van der Waals surface area contributed by atoms with Crippen LogP contribution in [0.1, 0.15) is 31.5 Å². The predicted molar refractivity (Wildman–Crippen MR) is 71.3 cm³/mol. The second-order valence-electron chi connectivity index (χ2n) is 5.06. The van der Waals surface area contributed by atoms with Crippen LogP contribution in [0.15, 0.2) is 22.7 Å². The molecule has 20 heavy (non-hydrogen) atoms. The van der Waals surface area contributed by atoms with E-state index in [-0.39, 0.29) is 5.69 Å². The Morgan fingerprint density at radius 3 is 2.75 bits per heavy atom. The number of nitrogens with zero attached hydrogens (tertiary/aromatic N) is 2. The Labute approximate surface area is 115 Å². The van der Waals surface area contributed by atoms with Gasteiger partial charge in [-0.05, 0) is 43.9 Å². The zero-order chi connectivity index (χ0) is 14.2. The van der Waals surface area contributed by atoms with E-state index in [0.717, 1.165) is 25.7 Å². The Hall–Kier alpha value is -1.95. The van der Waals surface area contributed by atoms with Crippen LogP contribution in [-0.4, -0.2) is 17.3 Å². The maximum absolute atomic E-state index is 13.2. The lowest BCUT2D eigenvalue weighted by atomic mass is 10.0. The molecule has 1 fully saturated rings. The van der Waals surface area contributed by atoms with E-state index in [4.69, 9.17) is 15.0 Å². The van der Waals surface area contributed by atoms with Gasteiger partial charge in [-0.2, -0.15) is 4.98 Å². The molecule has 106 valence electrons. The van der Waals surface area contributed by atoms with Crippen molar-refractivity contribution in [3.63, 3.8) is 0 Å². The maximum atomic E-state index is 13.2. The summed E-state index contributed by atoms with van der Waals surface area (Å²) in [6.45, 7) is 0. The molecule has 0 aliphatic heterocycles.